The van der Waals surface area contributed by atoms with Gasteiger partial charge in [-0.2, -0.15) is 8.42 Å². The molecule has 0 amide bonds. The van der Waals surface area contributed by atoms with Gasteiger partial charge >= 0.3 is 23.1 Å². The molecule has 10 heavy (non-hydrogen) atoms. The summed E-state index contributed by atoms with van der Waals surface area (Å²) in [5.74, 6) is 0. The van der Waals surface area contributed by atoms with E-state index in [1.54, 1.807) is 0 Å². The van der Waals surface area contributed by atoms with Gasteiger partial charge < -0.3 is 8.33 Å². The monoisotopic (exact) mass is 208 g/mol. The standard InChI is InChI=1S/Mg.2H2O3S.H2O.2H/c;2*1-4(2)3;;;/h;2*(H2,1,2,3);1H2;;/q+2;;;;2*-1. The van der Waals surface area contributed by atoms with Crippen LogP contribution in [0, 0.1) is 0 Å². The molecule has 0 aromatic carbocycles. The molecule has 0 fully saturated rings. The van der Waals surface area contributed by atoms with Crippen LogP contribution in [0.25, 0.3) is 0 Å². The van der Waals surface area contributed by atoms with Crippen LogP contribution < -0.4 is 0 Å². The van der Waals surface area contributed by atoms with Crippen molar-refractivity contribution in [2.75, 3.05) is 0 Å². The zero-order valence-electron chi connectivity index (χ0n) is 6.63. The van der Waals surface area contributed by atoms with E-state index in [1.165, 1.54) is 0 Å². The maximum Gasteiger partial charge on any atom is 2.00 e. The van der Waals surface area contributed by atoms with Crippen molar-refractivity contribution in [2.24, 2.45) is 0 Å². The van der Waals surface area contributed by atoms with Gasteiger partial charge in [0, 0.05) is 0 Å². The van der Waals surface area contributed by atoms with Crippen molar-refractivity contribution in [1.82, 2.24) is 0 Å². The van der Waals surface area contributed by atoms with E-state index < -0.39 is 22.7 Å². The van der Waals surface area contributed by atoms with E-state index >= 15 is 0 Å². The molecule has 7 nitrogen and oxygen atoms in total. The summed E-state index contributed by atoms with van der Waals surface area (Å²) in [6, 6.07) is 0. The third-order valence-corrected chi connectivity index (χ3v) is 0. The fraction of sp³-hybridized carbons (Fsp3) is 0. The summed E-state index contributed by atoms with van der Waals surface area (Å²) in [5.41, 5.74) is 0. The van der Waals surface area contributed by atoms with Crippen molar-refractivity contribution >= 4 is 45.8 Å². The summed E-state index contributed by atoms with van der Waals surface area (Å²) >= 11 is -5.22. The first-order chi connectivity index (χ1) is 3.46. The van der Waals surface area contributed by atoms with Gasteiger partial charge in [-0.25, -0.2) is 0 Å². The summed E-state index contributed by atoms with van der Waals surface area (Å²) in [5, 5.41) is 0. The van der Waals surface area contributed by atoms with Gasteiger partial charge in [-0.1, -0.05) is 0 Å². The Kier molecular flexibility index (Phi) is 36.9. The van der Waals surface area contributed by atoms with Crippen molar-refractivity contribution in [3.05, 3.63) is 0 Å². The Morgan fingerprint density at radius 1 is 0.900 bits per heavy atom. The molecule has 0 rings (SSSR count). The van der Waals surface area contributed by atoms with E-state index in [4.69, 9.17) is 26.6 Å². The van der Waals surface area contributed by atoms with Gasteiger partial charge in [-0.05, 0) is 0 Å². The summed E-state index contributed by atoms with van der Waals surface area (Å²) in [6.07, 6.45) is 0. The third-order valence-electron chi connectivity index (χ3n) is 0. The molecular weight excluding hydrogens is 200 g/mol. The van der Waals surface area contributed by atoms with Crippen LogP contribution in [0.1, 0.15) is 2.85 Å². The molecule has 0 bridgehead atoms. The van der Waals surface area contributed by atoms with Crippen molar-refractivity contribution in [3.63, 3.8) is 0 Å². The average molecular weight is 208 g/mol. The van der Waals surface area contributed by atoms with Crippen molar-refractivity contribution < 1.29 is 35.0 Å². The number of hydrogen-bond acceptors (Lipinski definition) is 2. The van der Waals surface area contributed by atoms with Gasteiger partial charge in [0.05, 0.1) is 0 Å². The predicted molar refractivity (Wildman–Crippen MR) is 38.4 cm³/mol. The SMILES string of the molecule is O.O=S(O)O.O=S(O)O.[H-].[H-].[Mg+2]. The van der Waals surface area contributed by atoms with Crippen molar-refractivity contribution in [2.45, 2.75) is 0 Å². The molecule has 10 heteroatoms. The van der Waals surface area contributed by atoms with Crippen LogP contribution in [0.4, 0.5) is 0 Å². The van der Waals surface area contributed by atoms with Crippen LogP contribution >= 0.6 is 0 Å². The Morgan fingerprint density at radius 3 is 0.900 bits per heavy atom. The second kappa shape index (κ2) is 16.5. The Bertz CT molecular complexity index is 77.4. The molecule has 0 heterocycles. The number of hydrogen-bond donors (Lipinski definition) is 4. The topological polar surface area (TPSA) is 147 Å². The fourth-order valence-corrected chi connectivity index (χ4v) is 0. The Hall–Kier alpha value is 0.866. The minimum absolute atomic E-state index is 0. The van der Waals surface area contributed by atoms with E-state index in [1.807, 2.05) is 0 Å². The van der Waals surface area contributed by atoms with Gasteiger partial charge in [0.2, 0.25) is 0 Å². The minimum atomic E-state index is -2.61. The molecule has 0 aromatic heterocycles. The summed E-state index contributed by atoms with van der Waals surface area (Å²) < 4.78 is 45.7. The molecule has 64 valence electrons. The zero-order valence-corrected chi connectivity index (χ0v) is 7.68. The van der Waals surface area contributed by atoms with Crippen LogP contribution in [-0.2, 0) is 22.7 Å². The molecule has 0 aliphatic rings. The molecule has 0 radical (unpaired) electrons. The summed E-state index contributed by atoms with van der Waals surface area (Å²) in [4.78, 5) is 0. The van der Waals surface area contributed by atoms with E-state index in [-0.39, 0.29) is 31.4 Å². The molecule has 0 aliphatic carbocycles. The Balaban J connectivity index is -0.0000000112. The first kappa shape index (κ1) is 22.4. The summed E-state index contributed by atoms with van der Waals surface area (Å²) in [6.45, 7) is 0. The fourth-order valence-electron chi connectivity index (χ4n) is 0. The van der Waals surface area contributed by atoms with Gasteiger partial charge in [0.1, 0.15) is 0 Å². The maximum absolute atomic E-state index is 8.67. The maximum atomic E-state index is 8.67. The van der Waals surface area contributed by atoms with Gasteiger partial charge in [0.15, 0.2) is 0 Å². The quantitative estimate of drug-likeness (QED) is 0.278. The minimum Gasteiger partial charge on any atom is -1.00 e. The zero-order chi connectivity index (χ0) is 7.15. The normalized spacial score (nSPS) is 7.00. The molecule has 0 atom stereocenters. The molecule has 0 unspecified atom stereocenters. The average Bonchev–Trinajstić information content (AvgIpc) is 1.25. The van der Waals surface area contributed by atoms with Crippen LogP contribution in [0.2, 0.25) is 0 Å². The second-order valence-electron chi connectivity index (χ2n) is 0.461. The molecule has 0 saturated carbocycles. The van der Waals surface area contributed by atoms with Crippen LogP contribution in [0.5, 0.6) is 0 Å². The molecular formula is H8MgO7S2. The van der Waals surface area contributed by atoms with Crippen molar-refractivity contribution in [3.8, 4) is 0 Å². The Labute approximate surface area is 80.9 Å². The molecule has 6 N–H and O–H groups in total. The van der Waals surface area contributed by atoms with E-state index in [0.29, 0.717) is 0 Å². The molecule has 0 aliphatic heterocycles. The van der Waals surface area contributed by atoms with E-state index in [0.717, 1.165) is 0 Å². The molecule has 0 aromatic rings. The smallest absolute Gasteiger partial charge is 1.00 e. The first-order valence-electron chi connectivity index (χ1n) is 1.06. The Morgan fingerprint density at radius 2 is 0.900 bits per heavy atom. The van der Waals surface area contributed by atoms with E-state index in [2.05, 4.69) is 0 Å². The second-order valence-corrected chi connectivity index (χ2v) is 1.38. The number of rotatable bonds is 0. The summed E-state index contributed by atoms with van der Waals surface area (Å²) in [7, 11) is 0. The predicted octanol–water partition coefficient (Wildman–Crippen LogP) is -1.62. The van der Waals surface area contributed by atoms with Gasteiger partial charge in [0.25, 0.3) is 22.7 Å². The first-order valence-corrected chi connectivity index (χ1v) is 3.19. The van der Waals surface area contributed by atoms with Gasteiger partial charge in [-0.3, -0.25) is 18.2 Å². The molecule has 0 saturated heterocycles. The molecule has 0 spiro atoms. The van der Waals surface area contributed by atoms with Crippen LogP contribution in [0.15, 0.2) is 0 Å². The largest absolute Gasteiger partial charge is 2.00 e. The van der Waals surface area contributed by atoms with Crippen molar-refractivity contribution in [1.29, 1.82) is 0 Å². The van der Waals surface area contributed by atoms with Crippen LogP contribution in [-0.4, -0.2) is 55.2 Å². The van der Waals surface area contributed by atoms with Gasteiger partial charge in [-0.15, -0.1) is 0 Å². The van der Waals surface area contributed by atoms with Crippen LogP contribution in [0.3, 0.4) is 0 Å². The third kappa shape index (κ3) is 731. The van der Waals surface area contributed by atoms with E-state index in [9.17, 15) is 0 Å².